The lowest BCUT2D eigenvalue weighted by molar-refractivity contribution is -0.155. The number of hydrogen-bond acceptors (Lipinski definition) is 9. The monoisotopic (exact) mass is 545 g/mol. The molecule has 0 saturated heterocycles. The van der Waals surface area contributed by atoms with Crippen molar-refractivity contribution in [3.8, 4) is 0 Å². The zero-order chi connectivity index (χ0) is 29.8. The molecule has 0 aliphatic heterocycles. The minimum absolute atomic E-state index is 0.0257. The number of amides is 3. The molecule has 12 heteroatoms. The van der Waals surface area contributed by atoms with Crippen molar-refractivity contribution in [3.05, 3.63) is 54.6 Å². The van der Waals surface area contributed by atoms with Crippen molar-refractivity contribution in [3.63, 3.8) is 0 Å². The van der Waals surface area contributed by atoms with Crippen LogP contribution in [0.1, 0.15) is 45.6 Å². The van der Waals surface area contributed by atoms with E-state index in [0.717, 1.165) is 5.56 Å². The number of rotatable bonds is 15. The lowest BCUT2D eigenvalue weighted by Gasteiger charge is -2.27. The first-order valence-electron chi connectivity index (χ1n) is 12.6. The molecule has 1 rings (SSSR count). The van der Waals surface area contributed by atoms with Crippen LogP contribution in [0.5, 0.6) is 0 Å². The van der Waals surface area contributed by atoms with Gasteiger partial charge in [-0.15, -0.1) is 0 Å². The molecule has 1 unspecified atom stereocenters. The molecule has 7 N–H and O–H groups in total. The van der Waals surface area contributed by atoms with Crippen LogP contribution in [0.25, 0.3) is 0 Å². The third-order valence-electron chi connectivity index (χ3n) is 5.45. The van der Waals surface area contributed by atoms with Crippen molar-refractivity contribution in [2.75, 3.05) is 20.6 Å². The molecule has 39 heavy (non-hydrogen) atoms. The molecular weight excluding hydrogens is 502 g/mol. The molecule has 1 heterocycles. The zero-order valence-electron chi connectivity index (χ0n) is 23.6. The molecule has 0 saturated carbocycles. The summed E-state index contributed by atoms with van der Waals surface area (Å²) in [5.74, 6) is -2.12. The van der Waals surface area contributed by atoms with Crippen LogP contribution in [0.2, 0.25) is 0 Å². The molecule has 0 bridgehead atoms. The SMILES string of the molecule is C=C(N)CN(C)C(=O)[C@H](Cc1cccnc1)NC(=O)C(CC(=C)NC)NC(=O)[C@@H](N)CCC(=O)OC(C)(C)C. The smallest absolute Gasteiger partial charge is 0.306 e. The summed E-state index contributed by atoms with van der Waals surface area (Å²) in [6.45, 7) is 12.8. The fraction of sp³-hybridized carbons (Fsp3) is 0.519. The highest BCUT2D eigenvalue weighted by Gasteiger charge is 2.30. The molecular formula is C27H43N7O5. The largest absolute Gasteiger partial charge is 0.460 e. The van der Waals surface area contributed by atoms with E-state index >= 15 is 0 Å². The van der Waals surface area contributed by atoms with Gasteiger partial charge in [0.15, 0.2) is 0 Å². The Labute approximate surface area is 230 Å². The van der Waals surface area contributed by atoms with Crippen molar-refractivity contribution in [2.24, 2.45) is 11.5 Å². The highest BCUT2D eigenvalue weighted by Crippen LogP contribution is 2.11. The number of carbonyl (C=O) groups is 4. The predicted molar refractivity (Wildman–Crippen MR) is 149 cm³/mol. The summed E-state index contributed by atoms with van der Waals surface area (Å²) in [7, 11) is 3.18. The Morgan fingerprint density at radius 1 is 1.13 bits per heavy atom. The van der Waals surface area contributed by atoms with Crippen molar-refractivity contribution < 1.29 is 23.9 Å². The molecule has 3 amide bonds. The molecule has 1 aromatic rings. The number of aromatic nitrogens is 1. The van der Waals surface area contributed by atoms with E-state index in [-0.39, 0.29) is 37.9 Å². The van der Waals surface area contributed by atoms with Gasteiger partial charge in [0.25, 0.3) is 0 Å². The topological polar surface area (TPSA) is 182 Å². The number of nitrogens with two attached hydrogens (primary N) is 2. The molecule has 0 aliphatic carbocycles. The van der Waals surface area contributed by atoms with Crippen molar-refractivity contribution in [1.82, 2.24) is 25.8 Å². The Morgan fingerprint density at radius 3 is 2.31 bits per heavy atom. The maximum Gasteiger partial charge on any atom is 0.306 e. The Kier molecular flexibility index (Phi) is 13.1. The third kappa shape index (κ3) is 12.9. The van der Waals surface area contributed by atoms with E-state index in [1.165, 1.54) is 4.90 Å². The highest BCUT2D eigenvalue weighted by molar-refractivity contribution is 5.93. The summed E-state index contributed by atoms with van der Waals surface area (Å²) >= 11 is 0. The van der Waals surface area contributed by atoms with Gasteiger partial charge in [0.05, 0.1) is 12.6 Å². The van der Waals surface area contributed by atoms with Crippen LogP contribution in [0.4, 0.5) is 0 Å². The van der Waals surface area contributed by atoms with Gasteiger partial charge in [-0.2, -0.15) is 0 Å². The van der Waals surface area contributed by atoms with Crippen molar-refractivity contribution in [1.29, 1.82) is 0 Å². The molecule has 12 nitrogen and oxygen atoms in total. The molecule has 216 valence electrons. The molecule has 0 aromatic carbocycles. The Morgan fingerprint density at radius 2 is 1.77 bits per heavy atom. The summed E-state index contributed by atoms with van der Waals surface area (Å²) in [6.07, 6.45) is 3.35. The first-order chi connectivity index (χ1) is 18.1. The summed E-state index contributed by atoms with van der Waals surface area (Å²) in [5.41, 5.74) is 12.5. The first kappa shape index (κ1) is 33.1. The normalized spacial score (nSPS) is 13.3. The van der Waals surface area contributed by atoms with E-state index in [1.807, 2.05) is 0 Å². The van der Waals surface area contributed by atoms with Crippen molar-refractivity contribution >= 4 is 23.7 Å². The minimum atomic E-state index is -1.09. The number of ether oxygens (including phenoxy) is 1. The quantitative estimate of drug-likeness (QED) is 0.191. The maximum absolute atomic E-state index is 13.4. The molecule has 1 aromatic heterocycles. The van der Waals surface area contributed by atoms with Crippen LogP contribution < -0.4 is 27.4 Å². The van der Waals surface area contributed by atoms with E-state index in [4.69, 9.17) is 16.2 Å². The highest BCUT2D eigenvalue weighted by atomic mass is 16.6. The van der Waals surface area contributed by atoms with E-state index in [2.05, 4.69) is 34.1 Å². The molecule has 0 radical (unpaired) electrons. The van der Waals surface area contributed by atoms with Crippen molar-refractivity contribution in [2.45, 2.75) is 70.2 Å². The van der Waals surface area contributed by atoms with Gasteiger partial charge in [-0.1, -0.05) is 19.2 Å². The average molecular weight is 546 g/mol. The third-order valence-corrected chi connectivity index (χ3v) is 5.45. The lowest BCUT2D eigenvalue weighted by Crippen LogP contribution is -2.56. The standard InChI is InChI=1S/C27H43N7O5/c1-17(28)16-34(7)26(38)22(14-19-9-8-12-31-15-19)33-25(37)21(13-18(2)30-6)32-24(36)20(29)10-11-23(35)39-27(3,4)5/h8-9,12,15,20-22,30H,1-2,10-11,13-14,16,28-29H2,3-7H3,(H,32,36)(H,33,37)/t20-,21?,22-/m0/s1. The van der Waals surface area contributed by atoms with Crippen LogP contribution in [0.15, 0.2) is 49.1 Å². The molecule has 0 fully saturated rings. The van der Waals surface area contributed by atoms with Crippen LogP contribution >= 0.6 is 0 Å². The molecule has 0 aliphatic rings. The molecule has 3 atom stereocenters. The number of nitrogens with one attached hydrogen (secondary N) is 3. The van der Waals surface area contributed by atoms with Gasteiger partial charge in [-0.25, -0.2) is 0 Å². The second kappa shape index (κ2) is 15.5. The van der Waals surface area contributed by atoms with Gasteiger partial charge in [-0.05, 0) is 38.8 Å². The van der Waals surface area contributed by atoms with Gasteiger partial charge in [0.2, 0.25) is 17.7 Å². The van der Waals surface area contributed by atoms with E-state index < -0.39 is 47.4 Å². The van der Waals surface area contributed by atoms with Crippen LogP contribution in [-0.4, -0.2) is 77.9 Å². The van der Waals surface area contributed by atoms with Gasteiger partial charge >= 0.3 is 5.97 Å². The summed E-state index contributed by atoms with van der Waals surface area (Å²) in [5, 5.41) is 8.21. The van der Waals surface area contributed by atoms with Gasteiger partial charge < -0.3 is 37.1 Å². The fourth-order valence-electron chi connectivity index (χ4n) is 3.51. The van der Waals surface area contributed by atoms with Crippen LogP contribution in [0, 0.1) is 0 Å². The molecule has 0 spiro atoms. The Bertz CT molecular complexity index is 1020. The summed E-state index contributed by atoms with van der Waals surface area (Å²) in [6, 6.07) is 0.374. The second-order valence-corrected chi connectivity index (χ2v) is 10.3. The Hall–Kier alpha value is -3.93. The van der Waals surface area contributed by atoms with Crippen LogP contribution in [0.3, 0.4) is 0 Å². The second-order valence-electron chi connectivity index (χ2n) is 10.3. The number of likely N-dealkylation sites (N-methyl/N-ethyl adjacent to an activating group) is 1. The number of hydrogen-bond donors (Lipinski definition) is 5. The Balaban J connectivity index is 3.03. The number of nitrogens with zero attached hydrogens (tertiary/aromatic N) is 2. The van der Waals surface area contributed by atoms with E-state index in [0.29, 0.717) is 5.70 Å². The zero-order valence-corrected chi connectivity index (χ0v) is 23.6. The summed E-state index contributed by atoms with van der Waals surface area (Å²) in [4.78, 5) is 56.9. The maximum atomic E-state index is 13.4. The predicted octanol–water partition coefficient (Wildman–Crippen LogP) is 0.0969. The van der Waals surface area contributed by atoms with Crippen LogP contribution in [-0.2, 0) is 30.3 Å². The fourth-order valence-corrected chi connectivity index (χ4v) is 3.51. The van der Waals surface area contributed by atoms with Gasteiger partial charge in [0.1, 0.15) is 17.7 Å². The lowest BCUT2D eigenvalue weighted by atomic mass is 10.0. The summed E-state index contributed by atoms with van der Waals surface area (Å²) < 4.78 is 5.25. The minimum Gasteiger partial charge on any atom is -0.460 e. The van der Waals surface area contributed by atoms with E-state index in [1.54, 1.807) is 59.4 Å². The van der Waals surface area contributed by atoms with E-state index in [9.17, 15) is 19.2 Å². The first-order valence-corrected chi connectivity index (χ1v) is 12.6. The average Bonchev–Trinajstić information content (AvgIpc) is 2.84. The van der Waals surface area contributed by atoms with Gasteiger partial charge in [0, 0.05) is 57.1 Å². The number of pyridine rings is 1. The van der Waals surface area contributed by atoms with Gasteiger partial charge in [-0.3, -0.25) is 24.2 Å². The number of esters is 1. The number of carbonyl (C=O) groups excluding carboxylic acids is 4.